The minimum Gasteiger partial charge on any atom is -0.355 e. The predicted octanol–water partition coefficient (Wildman–Crippen LogP) is 2.67. The van der Waals surface area contributed by atoms with Crippen molar-refractivity contribution in [2.75, 3.05) is 18.0 Å². The summed E-state index contributed by atoms with van der Waals surface area (Å²) in [6.07, 6.45) is 6.95. The molecular weight excluding hydrogens is 274 g/mol. The Balaban J connectivity index is 1.50. The van der Waals surface area contributed by atoms with Gasteiger partial charge in [0.15, 0.2) is 17.0 Å². The molecule has 1 aliphatic rings. The number of hydrogen-bond donors (Lipinski definition) is 0. The first-order valence-corrected chi connectivity index (χ1v) is 7.86. The summed E-state index contributed by atoms with van der Waals surface area (Å²) in [6.45, 7) is 3.09. The standard InChI is InChI=1S/C17H19N5/c1-2-6-14(7-3-1)8-4-9-22-13-20-15-16(21-10-5-11-21)18-12-19-17(15)22/h1-3,6-7,12-13H,4-5,8-11H2. The average Bonchev–Trinajstić information content (AvgIpc) is 2.91. The summed E-state index contributed by atoms with van der Waals surface area (Å²) >= 11 is 0. The van der Waals surface area contributed by atoms with Gasteiger partial charge in [-0.05, 0) is 24.8 Å². The van der Waals surface area contributed by atoms with Crippen LogP contribution >= 0.6 is 0 Å². The van der Waals surface area contributed by atoms with Crippen molar-refractivity contribution < 1.29 is 0 Å². The summed E-state index contributed by atoms with van der Waals surface area (Å²) in [4.78, 5) is 15.7. The molecule has 0 unspecified atom stereocenters. The molecule has 0 amide bonds. The second kappa shape index (κ2) is 5.75. The lowest BCUT2D eigenvalue weighted by Gasteiger charge is -2.31. The second-order valence-electron chi connectivity index (χ2n) is 5.74. The van der Waals surface area contributed by atoms with Crippen molar-refractivity contribution in [2.24, 2.45) is 0 Å². The Morgan fingerprint density at radius 3 is 2.64 bits per heavy atom. The van der Waals surface area contributed by atoms with Gasteiger partial charge < -0.3 is 9.47 Å². The maximum Gasteiger partial charge on any atom is 0.165 e. The zero-order valence-corrected chi connectivity index (χ0v) is 12.5. The number of aromatic nitrogens is 4. The average molecular weight is 293 g/mol. The molecule has 3 heterocycles. The molecule has 0 aliphatic carbocycles. The number of anilines is 1. The first-order valence-electron chi connectivity index (χ1n) is 7.86. The molecular formula is C17H19N5. The third-order valence-corrected chi connectivity index (χ3v) is 4.24. The van der Waals surface area contributed by atoms with Crippen molar-refractivity contribution in [2.45, 2.75) is 25.8 Å². The van der Waals surface area contributed by atoms with Crippen molar-refractivity contribution in [1.29, 1.82) is 0 Å². The van der Waals surface area contributed by atoms with Gasteiger partial charge in [0.2, 0.25) is 0 Å². The molecule has 5 heteroatoms. The van der Waals surface area contributed by atoms with E-state index in [4.69, 9.17) is 0 Å². The number of imidazole rings is 1. The Morgan fingerprint density at radius 2 is 1.86 bits per heavy atom. The highest BCUT2D eigenvalue weighted by molar-refractivity contribution is 5.83. The molecule has 0 saturated carbocycles. The van der Waals surface area contributed by atoms with Gasteiger partial charge in [-0.1, -0.05) is 30.3 Å². The number of rotatable bonds is 5. The van der Waals surface area contributed by atoms with Crippen LogP contribution in [0.4, 0.5) is 5.82 Å². The Bertz CT molecular complexity index is 761. The van der Waals surface area contributed by atoms with E-state index in [1.54, 1.807) is 6.33 Å². The molecule has 22 heavy (non-hydrogen) atoms. The SMILES string of the molecule is c1ccc(CCCn2cnc3c(N4CCC4)ncnc32)cc1. The van der Waals surface area contributed by atoms with E-state index in [2.05, 4.69) is 54.8 Å². The highest BCUT2D eigenvalue weighted by Gasteiger charge is 2.20. The smallest absolute Gasteiger partial charge is 0.165 e. The Hall–Kier alpha value is -2.43. The van der Waals surface area contributed by atoms with Crippen molar-refractivity contribution in [1.82, 2.24) is 19.5 Å². The normalized spacial score (nSPS) is 14.3. The molecule has 5 nitrogen and oxygen atoms in total. The summed E-state index contributed by atoms with van der Waals surface area (Å²) in [5, 5.41) is 0. The van der Waals surface area contributed by atoms with Crippen LogP contribution < -0.4 is 4.90 Å². The van der Waals surface area contributed by atoms with Crippen LogP contribution in [-0.2, 0) is 13.0 Å². The third-order valence-electron chi connectivity index (χ3n) is 4.24. The van der Waals surface area contributed by atoms with Gasteiger partial charge in [-0.3, -0.25) is 0 Å². The molecule has 1 fully saturated rings. The van der Waals surface area contributed by atoms with Gasteiger partial charge in [0.25, 0.3) is 0 Å². The lowest BCUT2D eigenvalue weighted by Crippen LogP contribution is -2.37. The van der Waals surface area contributed by atoms with Crippen LogP contribution in [0.1, 0.15) is 18.4 Å². The van der Waals surface area contributed by atoms with E-state index >= 15 is 0 Å². The largest absolute Gasteiger partial charge is 0.355 e. The van der Waals surface area contributed by atoms with E-state index in [1.807, 2.05) is 6.33 Å². The monoisotopic (exact) mass is 293 g/mol. The fourth-order valence-electron chi connectivity index (χ4n) is 2.89. The summed E-state index contributed by atoms with van der Waals surface area (Å²) in [7, 11) is 0. The fraction of sp³-hybridized carbons (Fsp3) is 0.353. The molecule has 1 aromatic carbocycles. The van der Waals surface area contributed by atoms with Crippen LogP contribution in [0.15, 0.2) is 43.0 Å². The molecule has 0 radical (unpaired) electrons. The second-order valence-corrected chi connectivity index (χ2v) is 5.74. The quantitative estimate of drug-likeness (QED) is 0.725. The van der Waals surface area contributed by atoms with Crippen LogP contribution in [0.2, 0.25) is 0 Å². The maximum absolute atomic E-state index is 4.54. The Labute approximate surface area is 129 Å². The van der Waals surface area contributed by atoms with Crippen LogP contribution in [0.3, 0.4) is 0 Å². The third kappa shape index (κ3) is 2.43. The highest BCUT2D eigenvalue weighted by atomic mass is 15.3. The summed E-state index contributed by atoms with van der Waals surface area (Å²) in [6, 6.07) is 10.6. The van der Waals surface area contributed by atoms with Gasteiger partial charge in [-0.2, -0.15) is 0 Å². The molecule has 4 rings (SSSR count). The van der Waals surface area contributed by atoms with Crippen LogP contribution in [-0.4, -0.2) is 32.6 Å². The van der Waals surface area contributed by atoms with Gasteiger partial charge in [0.05, 0.1) is 6.33 Å². The molecule has 1 aliphatic heterocycles. The molecule has 0 bridgehead atoms. The lowest BCUT2D eigenvalue weighted by atomic mass is 10.1. The number of aryl methyl sites for hydroxylation is 2. The van der Waals surface area contributed by atoms with E-state index < -0.39 is 0 Å². The van der Waals surface area contributed by atoms with Gasteiger partial charge in [-0.15, -0.1) is 0 Å². The number of nitrogens with zero attached hydrogens (tertiary/aromatic N) is 5. The van der Waals surface area contributed by atoms with Crippen molar-refractivity contribution >= 4 is 17.0 Å². The van der Waals surface area contributed by atoms with E-state index in [9.17, 15) is 0 Å². The summed E-state index contributed by atoms with van der Waals surface area (Å²) < 4.78 is 2.14. The Morgan fingerprint density at radius 1 is 1.00 bits per heavy atom. The first-order chi connectivity index (χ1) is 10.9. The summed E-state index contributed by atoms with van der Waals surface area (Å²) in [5.74, 6) is 0.984. The minimum atomic E-state index is 0.932. The predicted molar refractivity (Wildman–Crippen MR) is 86.9 cm³/mol. The molecule has 0 atom stereocenters. The van der Waals surface area contributed by atoms with Crippen LogP contribution in [0.25, 0.3) is 11.2 Å². The zero-order valence-electron chi connectivity index (χ0n) is 12.5. The number of hydrogen-bond acceptors (Lipinski definition) is 4. The maximum atomic E-state index is 4.54. The fourth-order valence-corrected chi connectivity index (χ4v) is 2.89. The van der Waals surface area contributed by atoms with Gasteiger partial charge >= 0.3 is 0 Å². The highest BCUT2D eigenvalue weighted by Crippen LogP contribution is 2.25. The topological polar surface area (TPSA) is 46.8 Å². The molecule has 3 aromatic rings. The van der Waals surface area contributed by atoms with Gasteiger partial charge in [-0.25, -0.2) is 15.0 Å². The van der Waals surface area contributed by atoms with Crippen molar-refractivity contribution in [3.05, 3.63) is 48.5 Å². The van der Waals surface area contributed by atoms with E-state index in [0.717, 1.165) is 49.5 Å². The van der Waals surface area contributed by atoms with E-state index in [0.29, 0.717) is 0 Å². The van der Waals surface area contributed by atoms with Gasteiger partial charge in [0, 0.05) is 19.6 Å². The van der Waals surface area contributed by atoms with Crippen LogP contribution in [0, 0.1) is 0 Å². The molecule has 2 aromatic heterocycles. The van der Waals surface area contributed by atoms with Crippen molar-refractivity contribution in [3.8, 4) is 0 Å². The molecule has 0 N–H and O–H groups in total. The number of benzene rings is 1. The molecule has 112 valence electrons. The number of fused-ring (bicyclic) bond motifs is 1. The Kier molecular flexibility index (Phi) is 3.46. The first kappa shape index (κ1) is 13.2. The molecule has 0 spiro atoms. The zero-order chi connectivity index (χ0) is 14.8. The lowest BCUT2D eigenvalue weighted by molar-refractivity contribution is 0.611. The van der Waals surface area contributed by atoms with E-state index in [1.165, 1.54) is 12.0 Å². The van der Waals surface area contributed by atoms with Crippen molar-refractivity contribution in [3.63, 3.8) is 0 Å². The van der Waals surface area contributed by atoms with E-state index in [-0.39, 0.29) is 0 Å². The van der Waals surface area contributed by atoms with Crippen LogP contribution in [0.5, 0.6) is 0 Å². The molecule has 1 saturated heterocycles. The summed E-state index contributed by atoms with van der Waals surface area (Å²) in [5.41, 5.74) is 3.26. The minimum absolute atomic E-state index is 0.932. The van der Waals surface area contributed by atoms with Gasteiger partial charge in [0.1, 0.15) is 6.33 Å².